The van der Waals surface area contributed by atoms with Crippen LogP contribution in [-0.4, -0.2) is 84.5 Å². The fourth-order valence-electron chi connectivity index (χ4n) is 2.89. The number of hydrogen-bond acceptors (Lipinski definition) is 5. The SMILES string of the molecule is CN(CCCN1CCN(CCCC(=O)c2ccsc2)CC1)C(=O)O. The van der Waals surface area contributed by atoms with Gasteiger partial charge in [-0.2, -0.15) is 11.3 Å². The van der Waals surface area contributed by atoms with E-state index in [-0.39, 0.29) is 5.78 Å². The van der Waals surface area contributed by atoms with Gasteiger partial charge in [0.2, 0.25) is 0 Å². The Morgan fingerprint density at radius 3 is 2.33 bits per heavy atom. The number of thiophene rings is 1. The molecular formula is C17H27N3O3S. The van der Waals surface area contributed by atoms with Gasteiger partial charge in [-0.05, 0) is 37.4 Å². The van der Waals surface area contributed by atoms with E-state index >= 15 is 0 Å². The molecule has 0 spiro atoms. The fraction of sp³-hybridized carbons (Fsp3) is 0.647. The molecule has 1 aromatic heterocycles. The van der Waals surface area contributed by atoms with Crippen LogP contribution in [0.25, 0.3) is 0 Å². The number of Topliss-reactive ketones (excluding diaryl/α,β-unsaturated/α-hetero) is 1. The summed E-state index contributed by atoms with van der Waals surface area (Å²) in [7, 11) is 1.61. The maximum Gasteiger partial charge on any atom is 0.407 e. The Morgan fingerprint density at radius 1 is 1.17 bits per heavy atom. The second-order valence-electron chi connectivity index (χ2n) is 6.28. The highest BCUT2D eigenvalue weighted by molar-refractivity contribution is 7.08. The van der Waals surface area contributed by atoms with E-state index in [2.05, 4.69) is 9.80 Å². The lowest BCUT2D eigenvalue weighted by atomic mass is 10.1. The maximum absolute atomic E-state index is 12.0. The van der Waals surface area contributed by atoms with Gasteiger partial charge in [-0.1, -0.05) is 0 Å². The molecule has 2 heterocycles. The number of nitrogens with zero attached hydrogens (tertiary/aromatic N) is 3. The first-order chi connectivity index (χ1) is 11.6. The van der Waals surface area contributed by atoms with Crippen molar-refractivity contribution in [3.05, 3.63) is 22.4 Å². The number of ketones is 1. The van der Waals surface area contributed by atoms with Gasteiger partial charge in [0.1, 0.15) is 0 Å². The second-order valence-corrected chi connectivity index (χ2v) is 7.06. The molecule has 1 aliphatic heterocycles. The minimum atomic E-state index is -0.864. The van der Waals surface area contributed by atoms with Crippen LogP contribution < -0.4 is 0 Å². The van der Waals surface area contributed by atoms with E-state index in [0.717, 1.165) is 57.7 Å². The molecule has 1 fully saturated rings. The third kappa shape index (κ3) is 6.22. The first-order valence-electron chi connectivity index (χ1n) is 8.50. The van der Waals surface area contributed by atoms with Gasteiger partial charge in [0.05, 0.1) is 0 Å². The van der Waals surface area contributed by atoms with Crippen molar-refractivity contribution in [3.8, 4) is 0 Å². The van der Waals surface area contributed by atoms with Gasteiger partial charge in [0.25, 0.3) is 0 Å². The summed E-state index contributed by atoms with van der Waals surface area (Å²) >= 11 is 1.57. The van der Waals surface area contributed by atoms with Gasteiger partial charge >= 0.3 is 6.09 Å². The van der Waals surface area contributed by atoms with Crippen LogP contribution >= 0.6 is 11.3 Å². The van der Waals surface area contributed by atoms with Crippen LogP contribution in [-0.2, 0) is 0 Å². The minimum Gasteiger partial charge on any atom is -0.465 e. The van der Waals surface area contributed by atoms with Gasteiger partial charge in [-0.3, -0.25) is 4.79 Å². The molecule has 1 N–H and O–H groups in total. The van der Waals surface area contributed by atoms with Crippen molar-refractivity contribution in [1.82, 2.24) is 14.7 Å². The summed E-state index contributed by atoms with van der Waals surface area (Å²) in [5.74, 6) is 0.248. The molecule has 1 aromatic rings. The summed E-state index contributed by atoms with van der Waals surface area (Å²) < 4.78 is 0. The highest BCUT2D eigenvalue weighted by atomic mass is 32.1. The highest BCUT2D eigenvalue weighted by Crippen LogP contribution is 2.11. The molecule has 0 aliphatic carbocycles. The van der Waals surface area contributed by atoms with Crippen molar-refractivity contribution < 1.29 is 14.7 Å². The highest BCUT2D eigenvalue weighted by Gasteiger charge is 2.17. The molecule has 0 aromatic carbocycles. The molecule has 24 heavy (non-hydrogen) atoms. The van der Waals surface area contributed by atoms with E-state index in [1.165, 1.54) is 4.90 Å². The summed E-state index contributed by atoms with van der Waals surface area (Å²) in [4.78, 5) is 28.8. The molecule has 1 aliphatic rings. The average Bonchev–Trinajstić information content (AvgIpc) is 3.10. The van der Waals surface area contributed by atoms with E-state index in [0.29, 0.717) is 13.0 Å². The summed E-state index contributed by atoms with van der Waals surface area (Å²) in [6.07, 6.45) is 1.55. The van der Waals surface area contributed by atoms with Crippen LogP contribution in [0.3, 0.4) is 0 Å². The van der Waals surface area contributed by atoms with Crippen molar-refractivity contribution in [2.24, 2.45) is 0 Å². The number of carbonyl (C=O) groups is 2. The Hall–Kier alpha value is -1.44. The summed E-state index contributed by atoms with van der Waals surface area (Å²) in [6.45, 7) is 6.61. The number of amides is 1. The Labute approximate surface area is 147 Å². The third-order valence-corrected chi connectivity index (χ3v) is 5.16. The predicted molar refractivity (Wildman–Crippen MR) is 96.0 cm³/mol. The molecule has 0 saturated carbocycles. The molecule has 2 rings (SSSR count). The molecule has 0 atom stereocenters. The van der Waals surface area contributed by atoms with Crippen LogP contribution in [0.2, 0.25) is 0 Å². The summed E-state index contributed by atoms with van der Waals surface area (Å²) in [6, 6.07) is 1.90. The Kier molecular flexibility index (Phi) is 7.68. The van der Waals surface area contributed by atoms with Gasteiger partial charge in [0, 0.05) is 57.1 Å². The van der Waals surface area contributed by atoms with Crippen LogP contribution in [0, 0.1) is 0 Å². The third-order valence-electron chi connectivity index (χ3n) is 4.48. The Morgan fingerprint density at radius 2 is 1.79 bits per heavy atom. The normalized spacial score (nSPS) is 16.2. The molecule has 1 amide bonds. The molecular weight excluding hydrogens is 326 g/mol. The topological polar surface area (TPSA) is 64.1 Å². The van der Waals surface area contributed by atoms with Gasteiger partial charge in [-0.25, -0.2) is 4.79 Å². The van der Waals surface area contributed by atoms with Crippen molar-refractivity contribution >= 4 is 23.2 Å². The smallest absolute Gasteiger partial charge is 0.407 e. The van der Waals surface area contributed by atoms with Gasteiger partial charge in [-0.15, -0.1) is 0 Å². The standard InChI is InChI=1S/C17H27N3O3S/c1-18(17(22)23)6-3-8-20-11-9-19(10-12-20)7-2-4-16(21)15-5-13-24-14-15/h5,13-14H,2-4,6-12H2,1H3,(H,22,23). The zero-order valence-electron chi connectivity index (χ0n) is 14.3. The van der Waals surface area contributed by atoms with Crippen molar-refractivity contribution in [2.75, 3.05) is 52.9 Å². The first-order valence-corrected chi connectivity index (χ1v) is 9.44. The van der Waals surface area contributed by atoms with Crippen molar-refractivity contribution in [3.63, 3.8) is 0 Å². The number of carbonyl (C=O) groups excluding carboxylic acids is 1. The first kappa shape index (κ1) is 18.9. The second kappa shape index (κ2) is 9.76. The minimum absolute atomic E-state index is 0.248. The fourth-order valence-corrected chi connectivity index (χ4v) is 3.55. The van der Waals surface area contributed by atoms with Crippen LogP contribution in [0.15, 0.2) is 16.8 Å². The van der Waals surface area contributed by atoms with Gasteiger partial charge in [0.15, 0.2) is 5.78 Å². The van der Waals surface area contributed by atoms with Crippen LogP contribution in [0.5, 0.6) is 0 Å². The maximum atomic E-state index is 12.0. The van der Waals surface area contributed by atoms with Crippen LogP contribution in [0.4, 0.5) is 4.79 Å². The molecule has 1 saturated heterocycles. The van der Waals surface area contributed by atoms with E-state index in [1.807, 2.05) is 16.8 Å². The zero-order valence-corrected chi connectivity index (χ0v) is 15.1. The number of piperazine rings is 1. The number of hydrogen-bond donors (Lipinski definition) is 1. The predicted octanol–water partition coefficient (Wildman–Crippen LogP) is 2.33. The molecule has 0 unspecified atom stereocenters. The van der Waals surface area contributed by atoms with E-state index in [1.54, 1.807) is 18.4 Å². The average molecular weight is 353 g/mol. The van der Waals surface area contributed by atoms with E-state index in [4.69, 9.17) is 5.11 Å². The monoisotopic (exact) mass is 353 g/mol. The summed E-state index contributed by atoms with van der Waals surface area (Å²) in [5, 5.41) is 12.7. The quantitative estimate of drug-likeness (QED) is 0.690. The molecule has 0 radical (unpaired) electrons. The Balaban J connectivity index is 1.54. The summed E-state index contributed by atoms with van der Waals surface area (Å²) in [5.41, 5.74) is 0.844. The number of carboxylic acid groups (broad SMARTS) is 1. The lowest BCUT2D eigenvalue weighted by molar-refractivity contribution is 0.0961. The molecule has 0 bridgehead atoms. The van der Waals surface area contributed by atoms with E-state index < -0.39 is 6.09 Å². The molecule has 134 valence electrons. The molecule has 6 nitrogen and oxygen atoms in total. The largest absolute Gasteiger partial charge is 0.465 e. The Bertz CT molecular complexity index is 513. The van der Waals surface area contributed by atoms with Gasteiger partial charge < -0.3 is 19.8 Å². The van der Waals surface area contributed by atoms with E-state index in [9.17, 15) is 9.59 Å². The lowest BCUT2D eigenvalue weighted by Gasteiger charge is -2.34. The van der Waals surface area contributed by atoms with Crippen LogP contribution in [0.1, 0.15) is 29.6 Å². The number of rotatable bonds is 9. The van der Waals surface area contributed by atoms with Crippen molar-refractivity contribution in [2.45, 2.75) is 19.3 Å². The zero-order chi connectivity index (χ0) is 17.4. The molecule has 7 heteroatoms. The lowest BCUT2D eigenvalue weighted by Crippen LogP contribution is -2.47. The van der Waals surface area contributed by atoms with Crippen molar-refractivity contribution in [1.29, 1.82) is 0 Å².